The van der Waals surface area contributed by atoms with E-state index in [-0.39, 0.29) is 18.3 Å². The third kappa shape index (κ3) is 5.12. The number of thiazole rings is 1. The summed E-state index contributed by atoms with van der Waals surface area (Å²) < 4.78 is 13.0. The van der Waals surface area contributed by atoms with Crippen molar-refractivity contribution in [3.05, 3.63) is 54.1 Å². The zero-order chi connectivity index (χ0) is 25.1. The molecule has 14 heteroatoms. The minimum absolute atomic E-state index is 0.123. The molecule has 0 saturated carbocycles. The molecule has 1 amide bonds. The molecular formula is C22H24N8O5S. The van der Waals surface area contributed by atoms with Gasteiger partial charge in [0.25, 0.3) is 5.91 Å². The van der Waals surface area contributed by atoms with Gasteiger partial charge in [0.1, 0.15) is 35.9 Å². The summed E-state index contributed by atoms with van der Waals surface area (Å²) in [6.07, 6.45) is 0.580. The summed E-state index contributed by atoms with van der Waals surface area (Å²) in [6, 6.07) is 7.27. The van der Waals surface area contributed by atoms with Gasteiger partial charge in [-0.15, -0.1) is 11.3 Å². The van der Waals surface area contributed by atoms with Crippen molar-refractivity contribution in [2.45, 2.75) is 31.1 Å². The Balaban J connectivity index is 1.10. The number of fused-ring (bicyclic) bond motifs is 1. The van der Waals surface area contributed by atoms with E-state index in [0.717, 1.165) is 5.56 Å². The highest BCUT2D eigenvalue weighted by atomic mass is 32.1. The fourth-order valence-corrected chi connectivity index (χ4v) is 4.38. The van der Waals surface area contributed by atoms with Crippen LogP contribution in [0, 0.1) is 0 Å². The number of nitrogens with zero attached hydrogens (tertiary/aromatic N) is 5. The summed E-state index contributed by atoms with van der Waals surface area (Å²) in [4.78, 5) is 28.1. The van der Waals surface area contributed by atoms with Crippen LogP contribution in [0.1, 0.15) is 11.8 Å². The summed E-state index contributed by atoms with van der Waals surface area (Å²) in [5.74, 6) is 0.497. The number of hydrogen-bond acceptors (Lipinski definition) is 12. The maximum atomic E-state index is 11.9. The van der Waals surface area contributed by atoms with Crippen molar-refractivity contribution in [1.82, 2.24) is 29.8 Å². The van der Waals surface area contributed by atoms with Gasteiger partial charge in [0, 0.05) is 24.7 Å². The van der Waals surface area contributed by atoms with Crippen LogP contribution in [0.5, 0.6) is 5.75 Å². The maximum Gasteiger partial charge on any atom is 0.264 e. The Morgan fingerprint density at radius 1 is 1.17 bits per heavy atom. The number of nitrogens with two attached hydrogens (primary N) is 1. The first-order chi connectivity index (χ1) is 17.5. The van der Waals surface area contributed by atoms with Crippen molar-refractivity contribution in [3.63, 3.8) is 0 Å². The predicted octanol–water partition coefficient (Wildman–Crippen LogP) is 0.291. The molecule has 4 heterocycles. The SMILES string of the molecule is Nc1ncnc2c1ncn2[C@@H]1O[C@H](CNCc2ccc(OCC(=O)Nc3nccs3)cc2)[C@@H](O)[C@H]1O. The van der Waals surface area contributed by atoms with E-state index in [1.54, 1.807) is 23.7 Å². The lowest BCUT2D eigenvalue weighted by Crippen LogP contribution is -2.37. The highest BCUT2D eigenvalue weighted by molar-refractivity contribution is 7.13. The topological polar surface area (TPSA) is 183 Å². The third-order valence-electron chi connectivity index (χ3n) is 5.65. The number of imidazole rings is 1. The Morgan fingerprint density at radius 3 is 2.78 bits per heavy atom. The number of amides is 1. The van der Waals surface area contributed by atoms with Crippen LogP contribution in [0.2, 0.25) is 0 Å². The molecule has 4 aromatic rings. The van der Waals surface area contributed by atoms with Gasteiger partial charge in [-0.1, -0.05) is 12.1 Å². The highest BCUT2D eigenvalue weighted by Gasteiger charge is 2.44. The van der Waals surface area contributed by atoms with E-state index in [1.165, 1.54) is 28.6 Å². The van der Waals surface area contributed by atoms with E-state index >= 15 is 0 Å². The van der Waals surface area contributed by atoms with Crippen LogP contribution in [0.25, 0.3) is 11.2 Å². The van der Waals surface area contributed by atoms with E-state index < -0.39 is 24.5 Å². The molecule has 3 aromatic heterocycles. The Kier molecular flexibility index (Phi) is 7.02. The number of anilines is 2. The Labute approximate surface area is 208 Å². The van der Waals surface area contributed by atoms with Crippen LogP contribution < -0.4 is 21.1 Å². The second-order valence-corrected chi connectivity index (χ2v) is 8.97. The number of rotatable bonds is 9. The molecule has 0 unspecified atom stereocenters. The molecule has 0 bridgehead atoms. The van der Waals surface area contributed by atoms with Crippen LogP contribution in [0.15, 0.2) is 48.5 Å². The minimum atomic E-state index is -1.17. The van der Waals surface area contributed by atoms with Crippen LogP contribution >= 0.6 is 11.3 Å². The zero-order valence-corrected chi connectivity index (χ0v) is 19.7. The number of aliphatic hydroxyl groups excluding tert-OH is 2. The van der Waals surface area contributed by atoms with Gasteiger partial charge in [-0.05, 0) is 17.7 Å². The van der Waals surface area contributed by atoms with Crippen LogP contribution in [-0.4, -0.2) is 72.1 Å². The molecule has 36 heavy (non-hydrogen) atoms. The average molecular weight is 513 g/mol. The Bertz CT molecular complexity index is 1320. The number of aliphatic hydroxyl groups is 2. The molecule has 4 atom stereocenters. The lowest BCUT2D eigenvalue weighted by atomic mass is 10.1. The lowest BCUT2D eigenvalue weighted by Gasteiger charge is -2.16. The van der Waals surface area contributed by atoms with Gasteiger partial charge in [0.05, 0.1) is 6.33 Å². The van der Waals surface area contributed by atoms with Gasteiger partial charge in [-0.25, -0.2) is 19.9 Å². The molecule has 6 N–H and O–H groups in total. The molecule has 0 aliphatic carbocycles. The standard InChI is InChI=1S/C22H24N8O5S/c23-19-16-20(27-10-26-19)30(11-28-16)21-18(33)17(32)14(35-21)8-24-7-12-1-3-13(4-2-12)34-9-15(31)29-22-25-5-6-36-22/h1-6,10-11,14,17-18,21,24,32-33H,7-9H2,(H2,23,26,27)(H,25,29,31)/t14-,17-,18-,21-/m1/s1. The molecule has 188 valence electrons. The summed E-state index contributed by atoms with van der Waals surface area (Å²) in [5, 5.41) is 29.3. The van der Waals surface area contributed by atoms with E-state index in [1.807, 2.05) is 12.1 Å². The summed E-state index contributed by atoms with van der Waals surface area (Å²) >= 11 is 1.33. The van der Waals surface area contributed by atoms with Gasteiger partial charge in [0.15, 0.2) is 29.4 Å². The normalized spacial score (nSPS) is 21.6. The number of ether oxygens (including phenoxy) is 2. The first-order valence-corrected chi connectivity index (χ1v) is 11.9. The molecule has 1 fully saturated rings. The fraction of sp³-hybridized carbons (Fsp3) is 0.318. The number of hydrogen-bond donors (Lipinski definition) is 5. The lowest BCUT2D eigenvalue weighted by molar-refractivity contribution is -0.118. The van der Waals surface area contributed by atoms with Gasteiger partial charge < -0.3 is 30.7 Å². The largest absolute Gasteiger partial charge is 0.484 e. The number of carbonyl (C=O) groups excluding carboxylic acids is 1. The second kappa shape index (κ2) is 10.5. The van der Waals surface area contributed by atoms with Crippen molar-refractivity contribution in [2.24, 2.45) is 0 Å². The summed E-state index contributed by atoms with van der Waals surface area (Å²) in [6.45, 7) is 0.673. The van der Waals surface area contributed by atoms with Crippen LogP contribution in [0.4, 0.5) is 10.9 Å². The van der Waals surface area contributed by atoms with Crippen LogP contribution in [0.3, 0.4) is 0 Å². The van der Waals surface area contributed by atoms with Gasteiger partial charge in [0.2, 0.25) is 0 Å². The quantitative estimate of drug-likeness (QED) is 0.208. The summed E-state index contributed by atoms with van der Waals surface area (Å²) in [7, 11) is 0. The number of aromatic nitrogens is 5. The number of carbonyl (C=O) groups is 1. The average Bonchev–Trinajstić information content (AvgIpc) is 3.61. The molecular weight excluding hydrogens is 488 g/mol. The van der Waals surface area contributed by atoms with Gasteiger partial charge >= 0.3 is 0 Å². The van der Waals surface area contributed by atoms with Gasteiger partial charge in [-0.3, -0.25) is 14.7 Å². The number of nitrogen functional groups attached to an aromatic ring is 1. The fourth-order valence-electron chi connectivity index (χ4n) is 3.84. The van der Waals surface area contributed by atoms with E-state index in [9.17, 15) is 15.0 Å². The molecule has 5 rings (SSSR count). The number of benzene rings is 1. The van der Waals surface area contributed by atoms with Crippen LogP contribution in [-0.2, 0) is 16.1 Å². The van der Waals surface area contributed by atoms with Crippen molar-refractivity contribution in [1.29, 1.82) is 0 Å². The van der Waals surface area contributed by atoms with Crippen molar-refractivity contribution >= 4 is 39.4 Å². The monoisotopic (exact) mass is 512 g/mol. The molecule has 1 aliphatic rings. The van der Waals surface area contributed by atoms with Crippen molar-refractivity contribution in [3.8, 4) is 5.75 Å². The Morgan fingerprint density at radius 2 is 2.00 bits per heavy atom. The van der Waals surface area contributed by atoms with Gasteiger partial charge in [-0.2, -0.15) is 0 Å². The number of nitrogens with one attached hydrogen (secondary N) is 2. The third-order valence-corrected chi connectivity index (χ3v) is 6.33. The molecule has 1 aromatic carbocycles. The first kappa shape index (κ1) is 24.0. The summed E-state index contributed by atoms with van der Waals surface area (Å²) in [5.41, 5.74) is 7.60. The first-order valence-electron chi connectivity index (χ1n) is 11.1. The molecule has 0 spiro atoms. The van der Waals surface area contributed by atoms with Crippen molar-refractivity contribution < 1.29 is 24.5 Å². The smallest absolute Gasteiger partial charge is 0.264 e. The predicted molar refractivity (Wildman–Crippen MR) is 130 cm³/mol. The molecule has 1 saturated heterocycles. The maximum absolute atomic E-state index is 11.9. The highest BCUT2D eigenvalue weighted by Crippen LogP contribution is 2.31. The molecule has 0 radical (unpaired) electrons. The zero-order valence-electron chi connectivity index (χ0n) is 18.9. The second-order valence-electron chi connectivity index (χ2n) is 8.08. The van der Waals surface area contributed by atoms with E-state index in [0.29, 0.717) is 35.1 Å². The van der Waals surface area contributed by atoms with E-state index in [4.69, 9.17) is 15.2 Å². The molecule has 1 aliphatic heterocycles. The Hall–Kier alpha value is -3.69. The van der Waals surface area contributed by atoms with Crippen molar-refractivity contribution in [2.75, 3.05) is 24.2 Å². The van der Waals surface area contributed by atoms with E-state index in [2.05, 4.69) is 30.6 Å². The minimum Gasteiger partial charge on any atom is -0.484 e. The molecule has 13 nitrogen and oxygen atoms in total.